The minimum atomic E-state index is -1.05. The van der Waals surface area contributed by atoms with Crippen LogP contribution in [0.5, 0.6) is 0 Å². The molecule has 3 rings (SSSR count). The summed E-state index contributed by atoms with van der Waals surface area (Å²) in [6.45, 7) is 0. The summed E-state index contributed by atoms with van der Waals surface area (Å²) in [5.74, 6) is -1.18. The van der Waals surface area contributed by atoms with Gasteiger partial charge in [-0.15, -0.1) is 0 Å². The lowest BCUT2D eigenvalue weighted by Crippen LogP contribution is -2.28. The molecule has 0 atom stereocenters. The van der Waals surface area contributed by atoms with Crippen LogP contribution in [0, 0.1) is 0 Å². The molecule has 21 heavy (non-hydrogen) atoms. The predicted molar refractivity (Wildman–Crippen MR) is 79.4 cm³/mol. The Hall–Kier alpha value is -2.62. The molecule has 1 aliphatic carbocycles. The van der Waals surface area contributed by atoms with Gasteiger partial charge in [0.05, 0.1) is 16.7 Å². The minimum absolute atomic E-state index is 0.106. The van der Waals surface area contributed by atoms with E-state index < -0.39 is 11.4 Å². The van der Waals surface area contributed by atoms with Crippen molar-refractivity contribution in [2.75, 3.05) is 5.32 Å². The number of hydrogen-bond donors (Lipinski definition) is 2. The number of carbonyl (C=O) groups excluding carboxylic acids is 1. The number of hydrogen-bond acceptors (Lipinski definition) is 2. The van der Waals surface area contributed by atoms with Crippen molar-refractivity contribution in [3.05, 3.63) is 65.7 Å². The molecule has 2 aromatic carbocycles. The number of aromatic carboxylic acids is 1. The van der Waals surface area contributed by atoms with Crippen LogP contribution < -0.4 is 5.32 Å². The van der Waals surface area contributed by atoms with Gasteiger partial charge in [0.15, 0.2) is 0 Å². The summed E-state index contributed by atoms with van der Waals surface area (Å²) in [5, 5.41) is 11.9. The maximum Gasteiger partial charge on any atom is 0.337 e. The molecule has 0 heterocycles. The zero-order valence-electron chi connectivity index (χ0n) is 11.4. The lowest BCUT2D eigenvalue weighted by Gasteiger charge is -2.16. The molecule has 0 spiro atoms. The summed E-state index contributed by atoms with van der Waals surface area (Å²) < 4.78 is 0. The summed E-state index contributed by atoms with van der Waals surface area (Å²) in [6.07, 6.45) is 1.58. The van der Waals surface area contributed by atoms with E-state index in [1.54, 1.807) is 18.2 Å². The van der Waals surface area contributed by atoms with Gasteiger partial charge in [0.2, 0.25) is 5.91 Å². The van der Waals surface area contributed by atoms with Crippen molar-refractivity contribution >= 4 is 17.6 Å². The Morgan fingerprint density at radius 2 is 1.57 bits per heavy atom. The fourth-order valence-corrected chi connectivity index (χ4v) is 2.55. The Bertz CT molecular complexity index is 690. The van der Waals surface area contributed by atoms with E-state index >= 15 is 0 Å². The number of carboxylic acid groups (broad SMARTS) is 1. The average molecular weight is 281 g/mol. The van der Waals surface area contributed by atoms with E-state index in [1.165, 1.54) is 6.07 Å². The van der Waals surface area contributed by atoms with Crippen LogP contribution in [0.15, 0.2) is 54.6 Å². The number of carboxylic acids is 1. The third kappa shape index (κ3) is 2.40. The summed E-state index contributed by atoms with van der Waals surface area (Å²) in [5.41, 5.74) is 0.926. The highest BCUT2D eigenvalue weighted by atomic mass is 16.4. The maximum absolute atomic E-state index is 12.6. The molecule has 1 fully saturated rings. The fraction of sp³-hybridized carbons (Fsp3) is 0.176. The molecule has 4 heteroatoms. The highest BCUT2D eigenvalue weighted by Crippen LogP contribution is 2.49. The largest absolute Gasteiger partial charge is 0.478 e. The van der Waals surface area contributed by atoms with Gasteiger partial charge >= 0.3 is 5.97 Å². The van der Waals surface area contributed by atoms with Crippen molar-refractivity contribution in [3.63, 3.8) is 0 Å². The van der Waals surface area contributed by atoms with Gasteiger partial charge < -0.3 is 10.4 Å². The van der Waals surface area contributed by atoms with E-state index in [-0.39, 0.29) is 11.5 Å². The van der Waals surface area contributed by atoms with E-state index in [1.807, 2.05) is 30.3 Å². The van der Waals surface area contributed by atoms with Gasteiger partial charge in [-0.05, 0) is 30.5 Å². The average Bonchev–Trinajstić information content (AvgIpc) is 3.30. The SMILES string of the molecule is O=C(O)c1ccccc1NC(=O)C1(c2ccccc2)CC1. The van der Waals surface area contributed by atoms with Crippen LogP contribution in [-0.2, 0) is 10.2 Å². The summed E-state index contributed by atoms with van der Waals surface area (Å²) in [6, 6.07) is 16.1. The minimum Gasteiger partial charge on any atom is -0.478 e. The Balaban J connectivity index is 1.87. The molecular weight excluding hydrogens is 266 g/mol. The Morgan fingerprint density at radius 1 is 0.952 bits per heavy atom. The number of benzene rings is 2. The van der Waals surface area contributed by atoms with Crippen molar-refractivity contribution in [1.29, 1.82) is 0 Å². The van der Waals surface area contributed by atoms with Crippen LogP contribution in [-0.4, -0.2) is 17.0 Å². The molecule has 0 aromatic heterocycles. The van der Waals surface area contributed by atoms with Gasteiger partial charge in [-0.2, -0.15) is 0 Å². The van der Waals surface area contributed by atoms with E-state index in [0.717, 1.165) is 18.4 Å². The van der Waals surface area contributed by atoms with Gasteiger partial charge in [0.25, 0.3) is 0 Å². The molecule has 2 N–H and O–H groups in total. The second-order valence-electron chi connectivity index (χ2n) is 5.25. The van der Waals surface area contributed by atoms with Crippen LogP contribution in [0.4, 0.5) is 5.69 Å². The normalized spacial score (nSPS) is 15.2. The quantitative estimate of drug-likeness (QED) is 0.905. The zero-order chi connectivity index (χ0) is 14.9. The standard InChI is InChI=1S/C17H15NO3/c19-15(20)13-8-4-5-9-14(13)18-16(21)17(10-11-17)12-6-2-1-3-7-12/h1-9H,10-11H2,(H,18,21)(H,19,20). The molecule has 1 saturated carbocycles. The molecule has 0 unspecified atom stereocenters. The first-order chi connectivity index (χ1) is 10.1. The number of para-hydroxylation sites is 1. The maximum atomic E-state index is 12.6. The molecule has 0 radical (unpaired) electrons. The van der Waals surface area contributed by atoms with Crippen LogP contribution in [0.3, 0.4) is 0 Å². The topological polar surface area (TPSA) is 66.4 Å². The first-order valence-electron chi connectivity index (χ1n) is 6.83. The van der Waals surface area contributed by atoms with Gasteiger partial charge in [-0.1, -0.05) is 42.5 Å². The Labute approximate surface area is 122 Å². The summed E-state index contributed by atoms with van der Waals surface area (Å²) in [4.78, 5) is 23.8. The van der Waals surface area contributed by atoms with Crippen molar-refractivity contribution in [1.82, 2.24) is 0 Å². The van der Waals surface area contributed by atoms with Gasteiger partial charge in [-0.25, -0.2) is 4.79 Å². The predicted octanol–water partition coefficient (Wildman–Crippen LogP) is 3.06. The molecule has 1 amide bonds. The molecule has 4 nitrogen and oxygen atoms in total. The third-order valence-corrected chi connectivity index (χ3v) is 3.92. The lowest BCUT2D eigenvalue weighted by atomic mass is 9.95. The van der Waals surface area contributed by atoms with Gasteiger partial charge in [-0.3, -0.25) is 4.79 Å². The van der Waals surface area contributed by atoms with Crippen molar-refractivity contribution in [3.8, 4) is 0 Å². The van der Waals surface area contributed by atoms with Crippen LogP contribution >= 0.6 is 0 Å². The van der Waals surface area contributed by atoms with Crippen molar-refractivity contribution in [2.45, 2.75) is 18.3 Å². The summed E-state index contributed by atoms with van der Waals surface area (Å²) in [7, 11) is 0. The second-order valence-corrected chi connectivity index (χ2v) is 5.25. The summed E-state index contributed by atoms with van der Waals surface area (Å²) >= 11 is 0. The molecule has 1 aliphatic rings. The first-order valence-corrected chi connectivity index (χ1v) is 6.83. The fourth-order valence-electron chi connectivity index (χ4n) is 2.55. The highest BCUT2D eigenvalue weighted by molar-refractivity contribution is 6.05. The van der Waals surface area contributed by atoms with Gasteiger partial charge in [0, 0.05) is 0 Å². The molecule has 0 saturated heterocycles. The van der Waals surface area contributed by atoms with Gasteiger partial charge in [0.1, 0.15) is 0 Å². The molecule has 106 valence electrons. The Morgan fingerprint density at radius 3 is 2.19 bits per heavy atom. The van der Waals surface area contributed by atoms with Crippen LogP contribution in [0.2, 0.25) is 0 Å². The number of anilines is 1. The number of amides is 1. The van der Waals surface area contributed by atoms with E-state index in [0.29, 0.717) is 5.69 Å². The van der Waals surface area contributed by atoms with E-state index in [9.17, 15) is 9.59 Å². The number of carbonyl (C=O) groups is 2. The molecule has 0 aliphatic heterocycles. The van der Waals surface area contributed by atoms with Crippen molar-refractivity contribution < 1.29 is 14.7 Å². The van der Waals surface area contributed by atoms with Crippen molar-refractivity contribution in [2.24, 2.45) is 0 Å². The van der Waals surface area contributed by atoms with Crippen LogP contribution in [0.1, 0.15) is 28.8 Å². The van der Waals surface area contributed by atoms with E-state index in [2.05, 4.69) is 5.32 Å². The third-order valence-electron chi connectivity index (χ3n) is 3.92. The Kier molecular flexibility index (Phi) is 3.22. The zero-order valence-corrected chi connectivity index (χ0v) is 11.4. The lowest BCUT2D eigenvalue weighted by molar-refractivity contribution is -0.118. The molecule has 0 bridgehead atoms. The smallest absolute Gasteiger partial charge is 0.337 e. The second kappa shape index (κ2) is 5.05. The monoisotopic (exact) mass is 281 g/mol. The molecule has 2 aromatic rings. The molecular formula is C17H15NO3. The number of rotatable bonds is 4. The van der Waals surface area contributed by atoms with Crippen LogP contribution in [0.25, 0.3) is 0 Å². The van der Waals surface area contributed by atoms with E-state index in [4.69, 9.17) is 5.11 Å². The first kappa shape index (κ1) is 13.4. The number of nitrogens with one attached hydrogen (secondary N) is 1. The highest BCUT2D eigenvalue weighted by Gasteiger charge is 2.51.